The summed E-state index contributed by atoms with van der Waals surface area (Å²) in [5, 5.41) is 3.32. The van der Waals surface area contributed by atoms with Crippen molar-refractivity contribution in [3.8, 4) is 11.1 Å². The molecule has 31 heavy (non-hydrogen) atoms. The molecule has 0 bridgehead atoms. The van der Waals surface area contributed by atoms with E-state index < -0.39 is 0 Å². The van der Waals surface area contributed by atoms with Gasteiger partial charge in [0.25, 0.3) is 0 Å². The molecule has 0 amide bonds. The number of nitrogens with zero attached hydrogens (tertiary/aromatic N) is 2. The predicted octanol–water partition coefficient (Wildman–Crippen LogP) is 6.20. The van der Waals surface area contributed by atoms with Gasteiger partial charge in [0.1, 0.15) is 5.84 Å². The summed E-state index contributed by atoms with van der Waals surface area (Å²) in [7, 11) is 1.93. The van der Waals surface area contributed by atoms with Crippen molar-refractivity contribution in [3.05, 3.63) is 95.1 Å². The molecule has 3 heteroatoms. The van der Waals surface area contributed by atoms with Crippen molar-refractivity contribution in [1.29, 1.82) is 0 Å². The first-order valence-electron chi connectivity index (χ1n) is 11.1. The van der Waals surface area contributed by atoms with Crippen LogP contribution < -0.4 is 5.32 Å². The van der Waals surface area contributed by atoms with E-state index in [4.69, 9.17) is 9.98 Å². The molecule has 3 aromatic rings. The van der Waals surface area contributed by atoms with Crippen molar-refractivity contribution >= 4 is 11.7 Å². The molecule has 0 spiro atoms. The molecule has 3 nitrogen and oxygen atoms in total. The molecule has 0 heterocycles. The van der Waals surface area contributed by atoms with Crippen molar-refractivity contribution in [2.75, 3.05) is 7.05 Å². The van der Waals surface area contributed by atoms with E-state index >= 15 is 0 Å². The van der Waals surface area contributed by atoms with Crippen LogP contribution in [0.1, 0.15) is 56.4 Å². The summed E-state index contributed by atoms with van der Waals surface area (Å²) in [5.74, 6) is 1.60. The van der Waals surface area contributed by atoms with E-state index in [2.05, 4.69) is 87.6 Å². The van der Waals surface area contributed by atoms with Gasteiger partial charge >= 0.3 is 0 Å². The molecule has 4 rings (SSSR count). The predicted molar refractivity (Wildman–Crippen MR) is 132 cm³/mol. The average Bonchev–Trinajstić information content (AvgIpc) is 3.04. The molecule has 0 saturated heterocycles. The number of hydrogen-bond donors (Lipinski definition) is 1. The lowest BCUT2D eigenvalue weighted by molar-refractivity contribution is 0.660. The molecule has 1 aliphatic rings. The number of benzene rings is 3. The molecule has 0 aromatic heterocycles. The van der Waals surface area contributed by atoms with Gasteiger partial charge in [-0.15, -0.1) is 0 Å². The van der Waals surface area contributed by atoms with E-state index in [1.807, 2.05) is 25.2 Å². The van der Waals surface area contributed by atoms with Crippen molar-refractivity contribution in [2.24, 2.45) is 9.98 Å². The van der Waals surface area contributed by atoms with Crippen LogP contribution in [0.4, 0.5) is 0 Å². The Hall–Kier alpha value is -3.20. The highest BCUT2D eigenvalue weighted by Gasteiger charge is 2.35. The molecule has 1 unspecified atom stereocenters. The second-order valence-electron chi connectivity index (χ2n) is 8.72. The van der Waals surface area contributed by atoms with E-state index in [-0.39, 0.29) is 11.5 Å². The quantitative estimate of drug-likeness (QED) is 0.404. The maximum Gasteiger partial charge on any atom is 0.157 e. The van der Waals surface area contributed by atoms with Crippen molar-refractivity contribution in [1.82, 2.24) is 5.32 Å². The average molecular weight is 410 g/mol. The zero-order valence-corrected chi connectivity index (χ0v) is 19.1. The van der Waals surface area contributed by atoms with E-state index in [0.29, 0.717) is 0 Å². The Morgan fingerprint density at radius 3 is 2.26 bits per heavy atom. The summed E-state index contributed by atoms with van der Waals surface area (Å²) in [4.78, 5) is 9.90. The molecule has 3 aromatic carbocycles. The molecule has 0 radical (unpaired) electrons. The summed E-state index contributed by atoms with van der Waals surface area (Å²) in [6.45, 7) is 8.89. The SMILES string of the molecule is CCC(C)/N=C(\N=C(/NC)c1ccc2c(c1)C(C)(C)c1ccccc1-2)c1ccccc1. The normalized spacial score (nSPS) is 15.9. The van der Waals surface area contributed by atoms with Crippen LogP contribution in [-0.2, 0) is 5.41 Å². The lowest BCUT2D eigenvalue weighted by Gasteiger charge is -2.22. The highest BCUT2D eigenvalue weighted by molar-refractivity contribution is 6.11. The Bertz CT molecular complexity index is 1140. The third-order valence-electron chi connectivity index (χ3n) is 6.28. The number of nitrogens with one attached hydrogen (secondary N) is 1. The zero-order valence-electron chi connectivity index (χ0n) is 19.1. The van der Waals surface area contributed by atoms with E-state index in [1.165, 1.54) is 22.3 Å². The molecule has 1 atom stereocenters. The number of hydrogen-bond acceptors (Lipinski definition) is 1. The summed E-state index contributed by atoms with van der Waals surface area (Å²) in [5.41, 5.74) is 7.45. The third-order valence-corrected chi connectivity index (χ3v) is 6.28. The summed E-state index contributed by atoms with van der Waals surface area (Å²) >= 11 is 0. The Morgan fingerprint density at radius 1 is 0.871 bits per heavy atom. The minimum Gasteiger partial charge on any atom is -0.373 e. The topological polar surface area (TPSA) is 36.8 Å². The van der Waals surface area contributed by atoms with Crippen LogP contribution >= 0.6 is 0 Å². The minimum absolute atomic E-state index is 0.0339. The van der Waals surface area contributed by atoms with Gasteiger partial charge in [0, 0.05) is 29.6 Å². The second kappa shape index (κ2) is 8.50. The first kappa shape index (κ1) is 21.0. The summed E-state index contributed by atoms with van der Waals surface area (Å²) in [6.07, 6.45) is 0.978. The van der Waals surface area contributed by atoms with Gasteiger partial charge < -0.3 is 5.32 Å². The standard InChI is InChI=1S/C28H31N3/c1-6-19(2)30-27(20-12-8-7-9-13-20)31-26(29-5)21-16-17-23-22-14-10-11-15-24(22)28(3,4)25(23)18-21/h7-19H,6H2,1-5H3,(H,29,30,31). The Kier molecular flexibility index (Phi) is 5.77. The summed E-state index contributed by atoms with van der Waals surface area (Å²) in [6, 6.07) is 25.8. The van der Waals surface area contributed by atoms with Crippen molar-refractivity contribution in [2.45, 2.75) is 45.6 Å². The van der Waals surface area contributed by atoms with Crippen molar-refractivity contribution in [3.63, 3.8) is 0 Å². The lowest BCUT2D eigenvalue weighted by Crippen LogP contribution is -2.23. The number of aliphatic imine (C=N–C) groups is 2. The largest absolute Gasteiger partial charge is 0.373 e. The first-order valence-corrected chi connectivity index (χ1v) is 11.1. The Balaban J connectivity index is 1.80. The third kappa shape index (κ3) is 3.93. The fourth-order valence-corrected chi connectivity index (χ4v) is 4.28. The second-order valence-corrected chi connectivity index (χ2v) is 8.72. The van der Waals surface area contributed by atoms with Gasteiger partial charge in [0.15, 0.2) is 5.84 Å². The van der Waals surface area contributed by atoms with E-state index in [1.54, 1.807) is 0 Å². The van der Waals surface area contributed by atoms with Crippen LogP contribution in [0.15, 0.2) is 82.8 Å². The molecule has 1 aliphatic carbocycles. The monoisotopic (exact) mass is 409 g/mol. The summed E-state index contributed by atoms with van der Waals surface area (Å²) < 4.78 is 0. The number of fused-ring (bicyclic) bond motifs is 3. The molecule has 0 fully saturated rings. The molecule has 0 saturated carbocycles. The van der Waals surface area contributed by atoms with Gasteiger partial charge in [-0.3, -0.25) is 4.99 Å². The van der Waals surface area contributed by atoms with Gasteiger partial charge in [-0.25, -0.2) is 4.99 Å². The maximum absolute atomic E-state index is 5.00. The van der Waals surface area contributed by atoms with Crippen LogP contribution in [0.5, 0.6) is 0 Å². The van der Waals surface area contributed by atoms with Crippen LogP contribution in [0.3, 0.4) is 0 Å². The van der Waals surface area contributed by atoms with Gasteiger partial charge in [-0.2, -0.15) is 0 Å². The van der Waals surface area contributed by atoms with Crippen LogP contribution in [0, 0.1) is 0 Å². The first-order chi connectivity index (χ1) is 15.0. The van der Waals surface area contributed by atoms with Crippen LogP contribution in [0.2, 0.25) is 0 Å². The Morgan fingerprint density at radius 2 is 1.55 bits per heavy atom. The smallest absolute Gasteiger partial charge is 0.157 e. The van der Waals surface area contributed by atoms with Crippen LogP contribution in [-0.4, -0.2) is 24.8 Å². The van der Waals surface area contributed by atoms with Gasteiger partial charge in [-0.1, -0.05) is 87.5 Å². The molecule has 0 aliphatic heterocycles. The highest BCUT2D eigenvalue weighted by atomic mass is 15.0. The fraction of sp³-hybridized carbons (Fsp3) is 0.286. The van der Waals surface area contributed by atoms with Crippen LogP contribution in [0.25, 0.3) is 11.1 Å². The van der Waals surface area contributed by atoms with Crippen molar-refractivity contribution < 1.29 is 0 Å². The lowest BCUT2D eigenvalue weighted by atomic mass is 9.82. The zero-order chi connectivity index (χ0) is 22.0. The minimum atomic E-state index is -0.0339. The highest BCUT2D eigenvalue weighted by Crippen LogP contribution is 2.48. The Labute approximate surface area is 186 Å². The van der Waals surface area contributed by atoms with E-state index in [9.17, 15) is 0 Å². The number of rotatable bonds is 4. The maximum atomic E-state index is 5.00. The van der Waals surface area contributed by atoms with Gasteiger partial charge in [0.05, 0.1) is 0 Å². The fourth-order valence-electron chi connectivity index (χ4n) is 4.28. The molecular weight excluding hydrogens is 378 g/mol. The molecule has 1 N–H and O–H groups in total. The van der Waals surface area contributed by atoms with Gasteiger partial charge in [0.2, 0.25) is 0 Å². The van der Waals surface area contributed by atoms with E-state index in [0.717, 1.165) is 29.2 Å². The molecular formula is C28H31N3. The van der Waals surface area contributed by atoms with Gasteiger partial charge in [-0.05, 0) is 41.7 Å². The number of amidine groups is 2. The molecule has 158 valence electrons.